The lowest BCUT2D eigenvalue weighted by Gasteiger charge is -1.99. The molecule has 1 aromatic rings. The van der Waals surface area contributed by atoms with E-state index in [-0.39, 0.29) is 0 Å². The number of benzene rings is 1. The zero-order valence-corrected chi connectivity index (χ0v) is 9.09. The first-order chi connectivity index (χ1) is 6.22. The zero-order chi connectivity index (χ0) is 9.68. The van der Waals surface area contributed by atoms with Gasteiger partial charge >= 0.3 is 0 Å². The molecule has 0 N–H and O–H groups in total. The number of hydrogen-bond donors (Lipinski definition) is 0. The Bertz CT molecular complexity index is 327. The minimum absolute atomic E-state index is 0.462. The van der Waals surface area contributed by atoms with Gasteiger partial charge in [0.15, 0.2) is 0 Å². The van der Waals surface area contributed by atoms with Crippen molar-refractivity contribution < 1.29 is 0 Å². The van der Waals surface area contributed by atoms with Gasteiger partial charge in [0.1, 0.15) is 0 Å². The lowest BCUT2D eigenvalue weighted by atomic mass is 10.1. The van der Waals surface area contributed by atoms with Crippen LogP contribution in [0.1, 0.15) is 5.56 Å². The van der Waals surface area contributed by atoms with E-state index in [4.69, 9.17) is 17.1 Å². The highest BCUT2D eigenvalue weighted by Gasteiger charge is 1.96. The fourth-order valence-corrected chi connectivity index (χ4v) is 1.91. The van der Waals surface area contributed by atoms with E-state index in [2.05, 4.69) is 26.0 Å². The molecule has 1 rings (SSSR count). The van der Waals surface area contributed by atoms with Gasteiger partial charge in [0, 0.05) is 21.0 Å². The second-order valence-electron chi connectivity index (χ2n) is 2.48. The molecular formula is C8H7BrClN3. The summed E-state index contributed by atoms with van der Waals surface area (Å²) in [6.45, 7) is 0.462. The summed E-state index contributed by atoms with van der Waals surface area (Å²) >= 11 is 9.16. The Kier molecular flexibility index (Phi) is 4.09. The Labute approximate surface area is 89.5 Å². The highest BCUT2D eigenvalue weighted by Crippen LogP contribution is 2.19. The lowest BCUT2D eigenvalue weighted by molar-refractivity contribution is 0.955. The van der Waals surface area contributed by atoms with Gasteiger partial charge in [-0.1, -0.05) is 32.6 Å². The Morgan fingerprint density at radius 1 is 1.46 bits per heavy atom. The van der Waals surface area contributed by atoms with Crippen molar-refractivity contribution in [3.05, 3.63) is 43.7 Å². The van der Waals surface area contributed by atoms with E-state index >= 15 is 0 Å². The van der Waals surface area contributed by atoms with Crippen molar-refractivity contribution in [1.82, 2.24) is 0 Å². The summed E-state index contributed by atoms with van der Waals surface area (Å²) in [5.74, 6) is 0. The second-order valence-corrected chi connectivity index (χ2v) is 3.83. The molecule has 1 aromatic carbocycles. The first-order valence-corrected chi connectivity index (χ1v) is 4.85. The van der Waals surface area contributed by atoms with Gasteiger partial charge in [-0.3, -0.25) is 0 Å². The summed E-state index contributed by atoms with van der Waals surface area (Å²) in [5.41, 5.74) is 9.14. The predicted octanol–water partition coefficient (Wildman–Crippen LogP) is 3.96. The third kappa shape index (κ3) is 3.68. The molecule has 5 heteroatoms. The van der Waals surface area contributed by atoms with E-state index in [9.17, 15) is 0 Å². The molecule has 0 atom stereocenters. The van der Waals surface area contributed by atoms with E-state index in [1.807, 2.05) is 18.2 Å². The van der Waals surface area contributed by atoms with Crippen molar-refractivity contribution in [1.29, 1.82) is 0 Å². The molecule has 0 heterocycles. The molecule has 0 saturated heterocycles. The molecule has 0 amide bonds. The number of azide groups is 1. The van der Waals surface area contributed by atoms with E-state index in [1.165, 1.54) is 0 Å². The summed E-state index contributed by atoms with van der Waals surface area (Å²) in [6.07, 6.45) is 0.712. The summed E-state index contributed by atoms with van der Waals surface area (Å²) in [4.78, 5) is 2.68. The summed E-state index contributed by atoms with van der Waals surface area (Å²) in [7, 11) is 0. The van der Waals surface area contributed by atoms with Crippen molar-refractivity contribution in [2.75, 3.05) is 6.54 Å². The maximum atomic E-state index is 8.08. The predicted molar refractivity (Wildman–Crippen MR) is 56.9 cm³/mol. The van der Waals surface area contributed by atoms with Gasteiger partial charge in [0.25, 0.3) is 0 Å². The standard InChI is InChI=1S/C8H7BrClN3/c9-7-3-6(1-2-12-13-11)4-8(10)5-7/h3-5H,1-2H2. The molecular weight excluding hydrogens is 253 g/mol. The molecule has 0 aliphatic heterocycles. The van der Waals surface area contributed by atoms with E-state index in [1.54, 1.807) is 0 Å². The largest absolute Gasteiger partial charge is 0.0936 e. The van der Waals surface area contributed by atoms with Gasteiger partial charge in [0.05, 0.1) is 0 Å². The smallest absolute Gasteiger partial charge is 0.0419 e. The van der Waals surface area contributed by atoms with Crippen LogP contribution in [-0.2, 0) is 6.42 Å². The maximum Gasteiger partial charge on any atom is 0.0419 e. The minimum atomic E-state index is 0.462. The first-order valence-electron chi connectivity index (χ1n) is 3.68. The van der Waals surface area contributed by atoms with Crippen LogP contribution in [0.25, 0.3) is 10.4 Å². The number of rotatable bonds is 3. The van der Waals surface area contributed by atoms with Crippen LogP contribution >= 0.6 is 27.5 Å². The molecule has 13 heavy (non-hydrogen) atoms. The third-order valence-corrected chi connectivity index (χ3v) is 2.16. The summed E-state index contributed by atoms with van der Waals surface area (Å²) in [6, 6.07) is 5.64. The van der Waals surface area contributed by atoms with Crippen LogP contribution < -0.4 is 0 Å². The number of halogens is 2. The molecule has 0 aliphatic rings. The van der Waals surface area contributed by atoms with Gasteiger partial charge in [-0.15, -0.1) is 0 Å². The molecule has 68 valence electrons. The zero-order valence-electron chi connectivity index (χ0n) is 6.74. The topological polar surface area (TPSA) is 48.8 Å². The van der Waals surface area contributed by atoms with Crippen LogP contribution in [0, 0.1) is 0 Å². The highest BCUT2D eigenvalue weighted by molar-refractivity contribution is 9.10. The van der Waals surface area contributed by atoms with Gasteiger partial charge in [-0.2, -0.15) is 0 Å². The van der Waals surface area contributed by atoms with Crippen LogP contribution in [0.4, 0.5) is 0 Å². The van der Waals surface area contributed by atoms with E-state index in [0.29, 0.717) is 18.0 Å². The molecule has 0 unspecified atom stereocenters. The fourth-order valence-electron chi connectivity index (χ4n) is 0.979. The third-order valence-electron chi connectivity index (χ3n) is 1.49. The van der Waals surface area contributed by atoms with Crippen LogP contribution in [0.15, 0.2) is 27.8 Å². The molecule has 0 aliphatic carbocycles. The van der Waals surface area contributed by atoms with Crippen molar-refractivity contribution >= 4 is 27.5 Å². The van der Waals surface area contributed by atoms with Crippen molar-refractivity contribution in [3.63, 3.8) is 0 Å². The molecule has 0 fully saturated rings. The van der Waals surface area contributed by atoms with Gasteiger partial charge < -0.3 is 0 Å². The molecule has 0 saturated carbocycles. The van der Waals surface area contributed by atoms with Crippen molar-refractivity contribution in [3.8, 4) is 0 Å². The average molecular weight is 261 g/mol. The first kappa shape index (κ1) is 10.4. The minimum Gasteiger partial charge on any atom is -0.0936 e. The highest BCUT2D eigenvalue weighted by atomic mass is 79.9. The van der Waals surface area contributed by atoms with E-state index in [0.717, 1.165) is 10.0 Å². The monoisotopic (exact) mass is 259 g/mol. The lowest BCUT2D eigenvalue weighted by Crippen LogP contribution is -1.88. The normalized spacial score (nSPS) is 9.38. The SMILES string of the molecule is [N-]=[N+]=NCCc1cc(Cl)cc(Br)c1. The van der Waals surface area contributed by atoms with Crippen molar-refractivity contribution in [2.24, 2.45) is 5.11 Å². The Morgan fingerprint density at radius 3 is 2.85 bits per heavy atom. The summed E-state index contributed by atoms with van der Waals surface area (Å²) < 4.78 is 0.941. The van der Waals surface area contributed by atoms with Crippen LogP contribution in [0.5, 0.6) is 0 Å². The van der Waals surface area contributed by atoms with Gasteiger partial charge in [0.2, 0.25) is 0 Å². The molecule has 0 radical (unpaired) electrons. The molecule has 0 bridgehead atoms. The Balaban J connectivity index is 2.71. The molecule has 0 spiro atoms. The van der Waals surface area contributed by atoms with Gasteiger partial charge in [-0.05, 0) is 35.7 Å². The molecule has 0 aromatic heterocycles. The van der Waals surface area contributed by atoms with Crippen LogP contribution in [-0.4, -0.2) is 6.54 Å². The molecule has 3 nitrogen and oxygen atoms in total. The second kappa shape index (κ2) is 5.12. The van der Waals surface area contributed by atoms with Crippen LogP contribution in [0.2, 0.25) is 5.02 Å². The Hall–Kier alpha value is -0.700. The fraction of sp³-hybridized carbons (Fsp3) is 0.250. The number of nitrogens with zero attached hydrogens (tertiary/aromatic N) is 3. The average Bonchev–Trinajstić information content (AvgIpc) is 2.03. The van der Waals surface area contributed by atoms with Crippen molar-refractivity contribution in [2.45, 2.75) is 6.42 Å². The summed E-state index contributed by atoms with van der Waals surface area (Å²) in [5, 5.41) is 4.13. The quantitative estimate of drug-likeness (QED) is 0.449. The van der Waals surface area contributed by atoms with Crippen LogP contribution in [0.3, 0.4) is 0 Å². The Morgan fingerprint density at radius 2 is 2.23 bits per heavy atom. The number of hydrogen-bond acceptors (Lipinski definition) is 1. The van der Waals surface area contributed by atoms with Gasteiger partial charge in [-0.25, -0.2) is 0 Å². The van der Waals surface area contributed by atoms with E-state index < -0.39 is 0 Å². The maximum absolute atomic E-state index is 8.08.